The van der Waals surface area contributed by atoms with Gasteiger partial charge in [0.25, 0.3) is 0 Å². The summed E-state index contributed by atoms with van der Waals surface area (Å²) < 4.78 is 0. The van der Waals surface area contributed by atoms with Crippen molar-refractivity contribution in [1.82, 2.24) is 20.9 Å². The van der Waals surface area contributed by atoms with Crippen LogP contribution in [0.3, 0.4) is 0 Å². The Morgan fingerprint density at radius 1 is 1.10 bits per heavy atom. The maximum atomic E-state index is 11.2. The summed E-state index contributed by atoms with van der Waals surface area (Å²) in [5, 5.41) is 8.57. The van der Waals surface area contributed by atoms with Gasteiger partial charge in [0, 0.05) is 19.8 Å². The summed E-state index contributed by atoms with van der Waals surface area (Å²) >= 11 is 10.8. The van der Waals surface area contributed by atoms with Gasteiger partial charge in [-0.2, -0.15) is 0 Å². The molecule has 3 N–H and O–H groups in total. The number of hydrogen-bond acceptors (Lipinski definition) is 4. The van der Waals surface area contributed by atoms with Gasteiger partial charge in [-0.15, -0.1) is 23.2 Å². The third kappa shape index (κ3) is 10.8. The molecule has 0 aliphatic rings. The third-order valence-corrected chi connectivity index (χ3v) is 3.34. The van der Waals surface area contributed by atoms with Crippen LogP contribution in [0.25, 0.3) is 0 Å². The quantitative estimate of drug-likeness (QED) is 0.292. The number of alkyl halides is 2. The molecule has 0 aliphatic heterocycles. The Labute approximate surface area is 136 Å². The van der Waals surface area contributed by atoms with Crippen LogP contribution in [0.2, 0.25) is 0 Å². The summed E-state index contributed by atoms with van der Waals surface area (Å²) in [6.07, 6.45) is 0. The highest BCUT2D eigenvalue weighted by Gasteiger charge is 2.21. The zero-order valence-electron chi connectivity index (χ0n) is 13.0. The van der Waals surface area contributed by atoms with Gasteiger partial charge < -0.3 is 10.6 Å². The van der Waals surface area contributed by atoms with Gasteiger partial charge in [-0.25, -0.2) is 0 Å². The first-order valence-electron chi connectivity index (χ1n) is 6.93. The normalized spacial score (nSPS) is 11.5. The van der Waals surface area contributed by atoms with Gasteiger partial charge >= 0.3 is 0 Å². The van der Waals surface area contributed by atoms with Crippen molar-refractivity contribution in [3.63, 3.8) is 0 Å². The van der Waals surface area contributed by atoms with E-state index in [-0.39, 0.29) is 29.0 Å². The maximum absolute atomic E-state index is 11.2. The molecule has 0 heterocycles. The van der Waals surface area contributed by atoms with E-state index in [4.69, 9.17) is 23.2 Å². The summed E-state index contributed by atoms with van der Waals surface area (Å²) in [4.78, 5) is 24.4. The molecule has 0 rings (SSSR count). The van der Waals surface area contributed by atoms with Crippen molar-refractivity contribution in [3.8, 4) is 0 Å². The first kappa shape index (κ1) is 20.4. The van der Waals surface area contributed by atoms with Crippen LogP contribution in [-0.4, -0.2) is 61.4 Å². The second kappa shape index (κ2) is 11.1. The topological polar surface area (TPSA) is 73.5 Å². The first-order chi connectivity index (χ1) is 9.84. The zero-order valence-corrected chi connectivity index (χ0v) is 14.5. The van der Waals surface area contributed by atoms with Gasteiger partial charge in [0.05, 0.1) is 6.67 Å². The van der Waals surface area contributed by atoms with Gasteiger partial charge in [0.1, 0.15) is 11.8 Å². The monoisotopic (exact) mass is 340 g/mol. The van der Waals surface area contributed by atoms with Crippen LogP contribution in [0.5, 0.6) is 0 Å². The molecule has 0 saturated carbocycles. The van der Waals surface area contributed by atoms with Gasteiger partial charge in [-0.1, -0.05) is 20.8 Å². The van der Waals surface area contributed by atoms with E-state index in [1.807, 2.05) is 0 Å². The number of rotatable bonds is 11. The Kier molecular flexibility index (Phi) is 10.8. The fraction of sp³-hybridized carbons (Fsp3) is 0.846. The van der Waals surface area contributed by atoms with E-state index < -0.39 is 0 Å². The van der Waals surface area contributed by atoms with Crippen molar-refractivity contribution >= 4 is 35.0 Å². The highest BCUT2D eigenvalue weighted by Crippen LogP contribution is 2.15. The lowest BCUT2D eigenvalue weighted by molar-refractivity contribution is -0.119. The molecule has 0 fully saturated rings. The average molecular weight is 341 g/mol. The molecule has 124 valence electrons. The maximum Gasteiger partial charge on any atom is 0.235 e. The molecule has 0 spiro atoms. The number of halogens is 2. The predicted molar refractivity (Wildman–Crippen MR) is 86.5 cm³/mol. The molecule has 0 aromatic carbocycles. The van der Waals surface area contributed by atoms with Crippen molar-refractivity contribution in [2.75, 3.05) is 44.7 Å². The van der Waals surface area contributed by atoms with E-state index >= 15 is 0 Å². The lowest BCUT2D eigenvalue weighted by Crippen LogP contribution is -2.47. The minimum Gasteiger partial charge on any atom is -0.354 e. The van der Waals surface area contributed by atoms with Crippen LogP contribution in [0.1, 0.15) is 20.8 Å². The predicted octanol–water partition coefficient (Wildman–Crippen LogP) is 0.549. The third-order valence-electron chi connectivity index (χ3n) is 2.85. The van der Waals surface area contributed by atoms with Crippen LogP contribution >= 0.6 is 23.2 Å². The molecule has 6 nitrogen and oxygen atoms in total. The molecule has 0 aromatic rings. The molecule has 21 heavy (non-hydrogen) atoms. The standard InChI is InChI=1S/C13H26Cl2N4O2/c1-4-19(10-16-9-18-12(21)6-15)8-13(2,3)7-17-11(20)5-14/h16H,4-10H2,1-3H3,(H,17,20)(H,18,21). The molecular formula is C13H26Cl2N4O2. The fourth-order valence-electron chi connectivity index (χ4n) is 1.75. The van der Waals surface area contributed by atoms with Gasteiger partial charge in [-0.05, 0) is 12.0 Å². The molecule has 0 aliphatic carbocycles. The van der Waals surface area contributed by atoms with E-state index in [2.05, 4.69) is 41.6 Å². The smallest absolute Gasteiger partial charge is 0.235 e. The van der Waals surface area contributed by atoms with Crippen molar-refractivity contribution in [1.29, 1.82) is 0 Å². The molecule has 0 saturated heterocycles. The van der Waals surface area contributed by atoms with Crippen molar-refractivity contribution in [2.45, 2.75) is 20.8 Å². The van der Waals surface area contributed by atoms with Crippen molar-refractivity contribution in [3.05, 3.63) is 0 Å². The van der Waals surface area contributed by atoms with Crippen molar-refractivity contribution < 1.29 is 9.59 Å². The van der Waals surface area contributed by atoms with E-state index in [1.165, 1.54) is 0 Å². The average Bonchev–Trinajstić information content (AvgIpc) is 2.47. The lowest BCUT2D eigenvalue weighted by atomic mass is 9.92. The Bertz CT molecular complexity index is 327. The number of carbonyl (C=O) groups excluding carboxylic acids is 2. The Balaban J connectivity index is 4.04. The highest BCUT2D eigenvalue weighted by atomic mass is 35.5. The largest absolute Gasteiger partial charge is 0.354 e. The van der Waals surface area contributed by atoms with Gasteiger partial charge in [0.2, 0.25) is 11.8 Å². The number of nitrogens with one attached hydrogen (secondary N) is 3. The Hall–Kier alpha value is -0.560. The second-order valence-corrected chi connectivity index (χ2v) is 6.07. The molecule has 2 amide bonds. The summed E-state index contributed by atoms with van der Waals surface area (Å²) in [5.41, 5.74) is -0.0706. The minimum absolute atomic E-state index is 0.0185. The van der Waals surface area contributed by atoms with E-state index in [9.17, 15) is 9.59 Å². The summed E-state index contributed by atoms with van der Waals surface area (Å²) in [7, 11) is 0. The molecule has 0 aromatic heterocycles. The van der Waals surface area contributed by atoms with E-state index in [0.717, 1.165) is 13.1 Å². The molecule has 0 bridgehead atoms. The Morgan fingerprint density at radius 2 is 1.67 bits per heavy atom. The molecule has 8 heteroatoms. The summed E-state index contributed by atoms with van der Waals surface area (Å²) in [6.45, 7) is 9.49. The molecule has 0 atom stereocenters. The number of hydrogen-bond donors (Lipinski definition) is 3. The number of nitrogens with zero attached hydrogens (tertiary/aromatic N) is 1. The summed E-state index contributed by atoms with van der Waals surface area (Å²) in [5.74, 6) is -0.409. The Morgan fingerprint density at radius 3 is 2.19 bits per heavy atom. The van der Waals surface area contributed by atoms with Crippen LogP contribution in [0.4, 0.5) is 0 Å². The second-order valence-electron chi connectivity index (χ2n) is 5.54. The summed E-state index contributed by atoms with van der Waals surface area (Å²) in [6, 6.07) is 0. The van der Waals surface area contributed by atoms with Crippen LogP contribution in [-0.2, 0) is 9.59 Å². The number of amides is 2. The van der Waals surface area contributed by atoms with Crippen LogP contribution < -0.4 is 16.0 Å². The fourth-order valence-corrected chi connectivity index (χ4v) is 1.94. The molecular weight excluding hydrogens is 315 g/mol. The van der Waals surface area contributed by atoms with Gasteiger partial charge in [0.15, 0.2) is 0 Å². The number of carbonyl (C=O) groups is 2. The van der Waals surface area contributed by atoms with Crippen LogP contribution in [0, 0.1) is 5.41 Å². The molecule has 0 radical (unpaired) electrons. The van der Waals surface area contributed by atoms with E-state index in [0.29, 0.717) is 19.9 Å². The van der Waals surface area contributed by atoms with Crippen LogP contribution in [0.15, 0.2) is 0 Å². The minimum atomic E-state index is -0.198. The lowest BCUT2D eigenvalue weighted by Gasteiger charge is -2.32. The SMILES string of the molecule is CCN(CNCNC(=O)CCl)CC(C)(C)CNC(=O)CCl. The van der Waals surface area contributed by atoms with Crippen molar-refractivity contribution in [2.24, 2.45) is 5.41 Å². The highest BCUT2D eigenvalue weighted by molar-refractivity contribution is 6.27. The zero-order chi connectivity index (χ0) is 16.3. The van der Waals surface area contributed by atoms with E-state index in [1.54, 1.807) is 0 Å². The van der Waals surface area contributed by atoms with Gasteiger partial charge in [-0.3, -0.25) is 19.8 Å². The molecule has 0 unspecified atom stereocenters. The first-order valence-corrected chi connectivity index (χ1v) is 8.00.